The number of likely N-dealkylation sites (N-methyl/N-ethyl adjacent to an activating group) is 1. The Balaban J connectivity index is 0.761. The SMILES string of the molecule is CCCCc1nc2c(N)nc3ccccc3c2n1CC(C)(C)COCCCOCCOCCOCCCNC(=O)CCC(NC(=O)c1ccc(NCC2CNc3nc(N)[nH]c(=O)c3N2C)cc1)C(=O)O. The fraction of sp³-hybridized carbons (Fsp3) is 0.531. The molecular formula is C49H70N12O9. The van der Waals surface area contributed by atoms with Crippen molar-refractivity contribution in [1.29, 1.82) is 0 Å². The normalized spacial score (nSPS) is 14.1. The molecule has 2 unspecified atom stereocenters. The van der Waals surface area contributed by atoms with Gasteiger partial charge in [0.1, 0.15) is 23.1 Å². The Morgan fingerprint density at radius 2 is 1.61 bits per heavy atom. The number of imidazole rings is 1. The molecule has 3 aromatic heterocycles. The number of H-pyrrole nitrogens is 1. The van der Waals surface area contributed by atoms with Gasteiger partial charge in [-0.1, -0.05) is 45.4 Å². The molecule has 0 fully saturated rings. The lowest BCUT2D eigenvalue weighted by molar-refractivity contribution is -0.139. The summed E-state index contributed by atoms with van der Waals surface area (Å²) in [6.07, 6.45) is 4.17. The third-order valence-corrected chi connectivity index (χ3v) is 11.9. The predicted octanol–water partition coefficient (Wildman–Crippen LogP) is 4.17. The van der Waals surface area contributed by atoms with Crippen LogP contribution in [0.5, 0.6) is 0 Å². The number of ether oxygens (including phenoxy) is 4. The van der Waals surface area contributed by atoms with Crippen molar-refractivity contribution in [2.24, 2.45) is 5.41 Å². The van der Waals surface area contributed by atoms with E-state index in [1.807, 2.05) is 23.1 Å². The van der Waals surface area contributed by atoms with E-state index in [0.717, 1.165) is 65.7 Å². The van der Waals surface area contributed by atoms with Crippen molar-refractivity contribution < 1.29 is 38.4 Å². The van der Waals surface area contributed by atoms with Crippen LogP contribution in [0.2, 0.25) is 0 Å². The second kappa shape index (κ2) is 25.9. The molecule has 2 atom stereocenters. The van der Waals surface area contributed by atoms with E-state index in [9.17, 15) is 24.3 Å². The molecule has 21 nitrogen and oxygen atoms in total. The minimum atomic E-state index is -1.25. The molecule has 70 heavy (non-hydrogen) atoms. The zero-order valence-electron chi connectivity index (χ0n) is 40.8. The molecule has 4 heterocycles. The maximum atomic E-state index is 12.9. The summed E-state index contributed by atoms with van der Waals surface area (Å²) in [6.45, 7) is 12.5. The van der Waals surface area contributed by atoms with Gasteiger partial charge in [0.2, 0.25) is 11.9 Å². The van der Waals surface area contributed by atoms with Crippen LogP contribution in [0.4, 0.5) is 29.0 Å². The molecule has 0 saturated carbocycles. The number of aliphatic carboxylic acids is 1. The number of anilines is 5. The van der Waals surface area contributed by atoms with E-state index in [-0.39, 0.29) is 47.3 Å². The van der Waals surface area contributed by atoms with Gasteiger partial charge in [0.25, 0.3) is 11.5 Å². The first-order valence-electron chi connectivity index (χ1n) is 24.1. The molecule has 1 aliphatic rings. The average molecular weight is 971 g/mol. The molecule has 0 saturated heterocycles. The first-order valence-corrected chi connectivity index (χ1v) is 24.1. The van der Waals surface area contributed by atoms with Gasteiger partial charge in [0.05, 0.1) is 50.1 Å². The second-order valence-electron chi connectivity index (χ2n) is 18.2. The average Bonchev–Trinajstić information content (AvgIpc) is 3.69. The lowest BCUT2D eigenvalue weighted by Crippen LogP contribution is -2.48. The van der Waals surface area contributed by atoms with Crippen molar-refractivity contribution in [1.82, 2.24) is 35.1 Å². The number of hydrogen-bond acceptors (Lipinski definition) is 16. The molecule has 10 N–H and O–H groups in total. The number of carboxylic acid groups (broad SMARTS) is 1. The third-order valence-electron chi connectivity index (χ3n) is 11.9. The molecule has 0 radical (unpaired) electrons. The molecule has 6 rings (SSSR count). The van der Waals surface area contributed by atoms with Gasteiger partial charge < -0.3 is 66.3 Å². The van der Waals surface area contributed by atoms with E-state index in [2.05, 4.69) is 67.6 Å². The van der Waals surface area contributed by atoms with Crippen LogP contribution >= 0.6 is 0 Å². The van der Waals surface area contributed by atoms with Gasteiger partial charge in [0.15, 0.2) is 11.6 Å². The van der Waals surface area contributed by atoms with Gasteiger partial charge in [-0.05, 0) is 56.0 Å². The molecule has 5 aromatic rings. The summed E-state index contributed by atoms with van der Waals surface area (Å²) < 4.78 is 25.4. The number of pyridine rings is 1. The Hall–Kier alpha value is -6.55. The molecule has 0 bridgehead atoms. The topological polar surface area (TPSA) is 288 Å². The van der Waals surface area contributed by atoms with Crippen molar-refractivity contribution in [3.63, 3.8) is 0 Å². The largest absolute Gasteiger partial charge is 0.480 e. The van der Waals surface area contributed by atoms with Crippen molar-refractivity contribution in [3.8, 4) is 0 Å². The van der Waals surface area contributed by atoms with Gasteiger partial charge in [-0.2, -0.15) is 4.98 Å². The van der Waals surface area contributed by atoms with Gasteiger partial charge in [-0.3, -0.25) is 19.4 Å². The zero-order valence-corrected chi connectivity index (χ0v) is 40.8. The maximum Gasteiger partial charge on any atom is 0.326 e. The first-order chi connectivity index (χ1) is 33.7. The summed E-state index contributed by atoms with van der Waals surface area (Å²) in [5.41, 5.74) is 15.6. The summed E-state index contributed by atoms with van der Waals surface area (Å²) in [7, 11) is 1.80. The van der Waals surface area contributed by atoms with Crippen LogP contribution in [0.25, 0.3) is 21.9 Å². The number of rotatable bonds is 30. The summed E-state index contributed by atoms with van der Waals surface area (Å²) in [5, 5.41) is 22.5. The molecule has 0 aliphatic carbocycles. The first kappa shape index (κ1) is 52.8. The highest BCUT2D eigenvalue weighted by atomic mass is 16.5. The van der Waals surface area contributed by atoms with E-state index in [4.69, 9.17) is 35.4 Å². The van der Waals surface area contributed by atoms with Crippen molar-refractivity contribution in [3.05, 3.63) is 70.3 Å². The molecular weight excluding hydrogens is 901 g/mol. The number of nitrogens with one attached hydrogen (secondary N) is 5. The number of carboxylic acids is 1. The molecule has 21 heteroatoms. The Morgan fingerprint density at radius 1 is 0.914 bits per heavy atom. The second-order valence-corrected chi connectivity index (χ2v) is 18.2. The van der Waals surface area contributed by atoms with E-state index in [0.29, 0.717) is 96.2 Å². The smallest absolute Gasteiger partial charge is 0.326 e. The fourth-order valence-electron chi connectivity index (χ4n) is 8.15. The maximum absolute atomic E-state index is 12.9. The number of unbranched alkanes of at least 4 members (excludes halogenated alkanes) is 1. The van der Waals surface area contributed by atoms with Gasteiger partial charge in [-0.25, -0.2) is 14.8 Å². The van der Waals surface area contributed by atoms with E-state index >= 15 is 0 Å². The van der Waals surface area contributed by atoms with Gasteiger partial charge in [-0.15, -0.1) is 0 Å². The lowest BCUT2D eigenvalue weighted by Gasteiger charge is -2.35. The monoisotopic (exact) mass is 971 g/mol. The number of nitrogens with zero attached hydrogens (tertiary/aromatic N) is 5. The quantitative estimate of drug-likeness (QED) is 0.0300. The number of aryl methyl sites for hydroxylation is 1. The number of aromatic amines is 1. The number of nitrogens with two attached hydrogens (primary N) is 2. The third kappa shape index (κ3) is 15.0. The summed E-state index contributed by atoms with van der Waals surface area (Å²) in [5.74, 6) is -0.188. The molecule has 1 aliphatic heterocycles. The number of aromatic nitrogens is 5. The van der Waals surface area contributed by atoms with E-state index in [1.165, 1.54) is 0 Å². The fourth-order valence-corrected chi connectivity index (χ4v) is 8.15. The predicted molar refractivity (Wildman–Crippen MR) is 270 cm³/mol. The van der Waals surface area contributed by atoms with Crippen LogP contribution in [0, 0.1) is 5.41 Å². The Bertz CT molecular complexity index is 2570. The molecule has 2 aromatic carbocycles. The Kier molecular flexibility index (Phi) is 19.5. The minimum Gasteiger partial charge on any atom is -0.480 e. The number of hydrogen-bond donors (Lipinski definition) is 8. The number of benzene rings is 2. The van der Waals surface area contributed by atoms with Gasteiger partial charge >= 0.3 is 5.97 Å². The van der Waals surface area contributed by atoms with Crippen molar-refractivity contribution in [2.45, 2.75) is 84.3 Å². The van der Waals surface area contributed by atoms with Crippen molar-refractivity contribution in [2.75, 3.05) is 107 Å². The molecule has 2 amide bonds. The Morgan fingerprint density at radius 3 is 2.34 bits per heavy atom. The van der Waals surface area contributed by atoms with Crippen LogP contribution < -0.4 is 43.2 Å². The highest BCUT2D eigenvalue weighted by molar-refractivity contribution is 6.06. The Labute approximate surface area is 407 Å². The van der Waals surface area contributed by atoms with E-state index < -0.39 is 17.9 Å². The minimum absolute atomic E-state index is 0.0372. The van der Waals surface area contributed by atoms with Crippen LogP contribution in [0.15, 0.2) is 53.3 Å². The number of amides is 2. The number of carbonyl (C=O) groups excluding carboxylic acids is 2. The zero-order chi connectivity index (χ0) is 50.0. The summed E-state index contributed by atoms with van der Waals surface area (Å²) >= 11 is 0. The standard InChI is InChI=1S/C49H70N12O9/c1-5-6-13-38-57-40-41(35-11-7-8-12-36(35)55-43(40)50)61(38)30-49(2,3)31-70-23-10-22-68-25-27-69-26-24-67-21-9-20-52-39(62)19-18-37(47(65)66)56-45(63)32-14-16-33(17-15-32)53-28-34-29-54-44-42(60(34)4)46(64)59-48(51)58-44/h7-8,11-12,14-17,34,37,53H,5-6,9-10,13,18-31H2,1-4H3,(H2,50,55)(H,52,62)(H,56,63)(H,65,66)(H4,51,54,58,59,64). The van der Waals surface area contributed by atoms with Crippen LogP contribution in [-0.2, 0) is 41.5 Å². The van der Waals surface area contributed by atoms with Crippen molar-refractivity contribution >= 4 is 68.7 Å². The van der Waals surface area contributed by atoms with Gasteiger partial charge in [0, 0.05) is 87.9 Å². The number of carbonyl (C=O) groups is 3. The van der Waals surface area contributed by atoms with E-state index in [1.54, 1.807) is 31.3 Å². The highest BCUT2D eigenvalue weighted by Gasteiger charge is 2.28. The number of nitrogen functional groups attached to an aromatic ring is 2. The van der Waals surface area contributed by atoms with Crippen LogP contribution in [-0.4, -0.2) is 139 Å². The summed E-state index contributed by atoms with van der Waals surface area (Å²) in [4.78, 5) is 67.8. The highest BCUT2D eigenvalue weighted by Crippen LogP contribution is 2.32. The molecule has 0 spiro atoms. The van der Waals surface area contributed by atoms with Crippen LogP contribution in [0.3, 0.4) is 0 Å². The summed E-state index contributed by atoms with van der Waals surface area (Å²) in [6, 6.07) is 13.3. The molecule has 380 valence electrons. The van der Waals surface area contributed by atoms with Crippen LogP contribution in [0.1, 0.15) is 75.5 Å². The lowest BCUT2D eigenvalue weighted by atomic mass is 9.94. The number of fused-ring (bicyclic) bond motifs is 4. The number of para-hydroxylation sites is 1.